The maximum absolute atomic E-state index is 12.5. The van der Waals surface area contributed by atoms with Crippen molar-refractivity contribution < 1.29 is 13.6 Å². The van der Waals surface area contributed by atoms with Crippen molar-refractivity contribution in [1.82, 2.24) is 20.0 Å². The first-order chi connectivity index (χ1) is 11.6. The average molecular weight is 348 g/mol. The van der Waals surface area contributed by atoms with Gasteiger partial charge in [0.15, 0.2) is 0 Å². The van der Waals surface area contributed by atoms with Crippen LogP contribution in [-0.2, 0) is 17.8 Å². The number of hydrogen-bond donors (Lipinski definition) is 2. The van der Waals surface area contributed by atoms with Gasteiger partial charge in [0, 0.05) is 67.1 Å². The van der Waals surface area contributed by atoms with Crippen molar-refractivity contribution in [2.45, 2.75) is 6.54 Å². The molecule has 3 rings (SSSR count). The molecule has 8 nitrogen and oxygen atoms in total. The van der Waals surface area contributed by atoms with Crippen LogP contribution in [0, 0.1) is 0 Å². The second kappa shape index (κ2) is 7.56. The number of aromatic amines is 1. The maximum Gasteiger partial charge on any atom is 0.253 e. The third-order valence-corrected chi connectivity index (χ3v) is 4.35. The minimum Gasteiger partial charge on any atom is -0.755 e. The Bertz CT molecular complexity index is 696. The predicted octanol–water partition coefficient (Wildman–Crippen LogP) is 0.574. The van der Waals surface area contributed by atoms with E-state index in [0.717, 1.165) is 25.3 Å². The smallest absolute Gasteiger partial charge is 0.253 e. The normalized spacial score (nSPS) is 16.8. The van der Waals surface area contributed by atoms with Crippen LogP contribution in [0.2, 0.25) is 0 Å². The molecular weight excluding hydrogens is 330 g/mol. The van der Waals surface area contributed by atoms with Crippen molar-refractivity contribution in [2.75, 3.05) is 30.9 Å². The third kappa shape index (κ3) is 4.19. The van der Waals surface area contributed by atoms with E-state index in [-0.39, 0.29) is 5.91 Å². The van der Waals surface area contributed by atoms with Crippen LogP contribution in [0.1, 0.15) is 16.1 Å². The Balaban J connectivity index is 1.54. The number of aromatic nitrogens is 2. The molecule has 1 amide bonds. The number of nitrogens with one attached hydrogen (secondary N) is 2. The first-order valence-corrected chi connectivity index (χ1v) is 8.65. The lowest BCUT2D eigenvalue weighted by atomic mass is 10.1. The number of anilines is 1. The fourth-order valence-electron chi connectivity index (χ4n) is 2.68. The second-order valence-corrected chi connectivity index (χ2v) is 6.24. The van der Waals surface area contributed by atoms with Crippen LogP contribution in [0.25, 0.3) is 0 Å². The molecule has 0 bridgehead atoms. The summed E-state index contributed by atoms with van der Waals surface area (Å²) in [6.07, 6.45) is 1.73. The number of piperazine rings is 1. The summed E-state index contributed by atoms with van der Waals surface area (Å²) in [4.78, 5) is 16.6. The summed E-state index contributed by atoms with van der Waals surface area (Å²) in [6, 6.07) is 8.38. The highest BCUT2D eigenvalue weighted by Gasteiger charge is 2.22. The van der Waals surface area contributed by atoms with Gasteiger partial charge in [-0.05, 0) is 30.3 Å². The Labute approximate surface area is 142 Å². The molecule has 0 spiro atoms. The van der Waals surface area contributed by atoms with Crippen LogP contribution in [0.3, 0.4) is 0 Å². The SMILES string of the molecule is O=C(c1ccc(NS(=O)[O-])cc1)N1CCN(Cc2ccn[nH]2)CC1. The largest absolute Gasteiger partial charge is 0.755 e. The maximum atomic E-state index is 12.5. The van der Waals surface area contributed by atoms with E-state index in [4.69, 9.17) is 0 Å². The van der Waals surface area contributed by atoms with Crippen molar-refractivity contribution in [2.24, 2.45) is 0 Å². The number of carbonyl (C=O) groups excluding carboxylic acids is 1. The minimum absolute atomic E-state index is 0.0361. The summed E-state index contributed by atoms with van der Waals surface area (Å²) in [5, 5.41) is 6.88. The van der Waals surface area contributed by atoms with E-state index in [1.54, 1.807) is 30.5 Å². The number of rotatable bonds is 5. The first-order valence-electron chi connectivity index (χ1n) is 7.58. The molecule has 0 saturated carbocycles. The van der Waals surface area contributed by atoms with Crippen LogP contribution >= 0.6 is 0 Å². The Hall–Kier alpha value is -2.23. The summed E-state index contributed by atoms with van der Waals surface area (Å²) in [7, 11) is 0. The van der Waals surface area contributed by atoms with Crippen molar-refractivity contribution in [3.8, 4) is 0 Å². The molecule has 2 aromatic rings. The van der Waals surface area contributed by atoms with Crippen LogP contribution in [0.5, 0.6) is 0 Å². The number of hydrogen-bond acceptors (Lipinski definition) is 5. The van der Waals surface area contributed by atoms with Gasteiger partial charge < -0.3 is 14.2 Å². The molecule has 1 atom stereocenters. The molecule has 1 aliphatic rings. The molecule has 1 aromatic heterocycles. The second-order valence-electron chi connectivity index (χ2n) is 5.56. The van der Waals surface area contributed by atoms with Crippen LogP contribution in [0.4, 0.5) is 5.69 Å². The van der Waals surface area contributed by atoms with Gasteiger partial charge in [0.25, 0.3) is 5.91 Å². The summed E-state index contributed by atoms with van der Waals surface area (Å²) in [5.41, 5.74) is 2.05. The van der Waals surface area contributed by atoms with Crippen LogP contribution < -0.4 is 4.72 Å². The highest BCUT2D eigenvalue weighted by atomic mass is 32.2. The highest BCUT2D eigenvalue weighted by Crippen LogP contribution is 2.14. The van der Waals surface area contributed by atoms with Crippen molar-refractivity contribution in [3.05, 3.63) is 47.8 Å². The molecular formula is C15H18N5O3S-. The number of nitrogens with zero attached hydrogens (tertiary/aromatic N) is 3. The predicted molar refractivity (Wildman–Crippen MR) is 88.8 cm³/mol. The lowest BCUT2D eigenvalue weighted by Gasteiger charge is -2.34. The molecule has 1 aromatic carbocycles. The van der Waals surface area contributed by atoms with E-state index in [9.17, 15) is 13.6 Å². The number of carbonyl (C=O) groups is 1. The van der Waals surface area contributed by atoms with Gasteiger partial charge in [-0.2, -0.15) is 5.10 Å². The van der Waals surface area contributed by atoms with Gasteiger partial charge in [0.05, 0.1) is 0 Å². The molecule has 9 heteroatoms. The van der Waals surface area contributed by atoms with Crippen molar-refractivity contribution >= 4 is 22.9 Å². The average Bonchev–Trinajstić information content (AvgIpc) is 3.08. The van der Waals surface area contributed by atoms with Gasteiger partial charge in [-0.3, -0.25) is 19.0 Å². The van der Waals surface area contributed by atoms with Gasteiger partial charge in [0.2, 0.25) is 0 Å². The number of benzene rings is 1. The Kier molecular flexibility index (Phi) is 5.24. The van der Waals surface area contributed by atoms with Gasteiger partial charge in [0.1, 0.15) is 0 Å². The van der Waals surface area contributed by atoms with Gasteiger partial charge >= 0.3 is 0 Å². The summed E-state index contributed by atoms with van der Waals surface area (Å²) in [5.74, 6) is -0.0361. The highest BCUT2D eigenvalue weighted by molar-refractivity contribution is 7.80. The van der Waals surface area contributed by atoms with E-state index in [2.05, 4.69) is 19.8 Å². The van der Waals surface area contributed by atoms with Crippen molar-refractivity contribution in [3.63, 3.8) is 0 Å². The minimum atomic E-state index is -2.36. The zero-order valence-electron chi connectivity index (χ0n) is 13.0. The van der Waals surface area contributed by atoms with E-state index in [0.29, 0.717) is 24.3 Å². The Morgan fingerprint density at radius 1 is 1.21 bits per heavy atom. The van der Waals surface area contributed by atoms with E-state index < -0.39 is 11.3 Å². The van der Waals surface area contributed by atoms with E-state index in [1.807, 2.05) is 11.0 Å². The summed E-state index contributed by atoms with van der Waals surface area (Å²) in [6.45, 7) is 3.74. The van der Waals surface area contributed by atoms with E-state index in [1.165, 1.54) is 0 Å². The molecule has 1 saturated heterocycles. The fourth-order valence-corrected chi connectivity index (χ4v) is 3.01. The lowest BCUT2D eigenvalue weighted by Crippen LogP contribution is -2.48. The molecule has 128 valence electrons. The molecule has 24 heavy (non-hydrogen) atoms. The molecule has 1 fully saturated rings. The zero-order valence-corrected chi connectivity index (χ0v) is 13.8. The van der Waals surface area contributed by atoms with Crippen LogP contribution in [0.15, 0.2) is 36.5 Å². The first kappa shape index (κ1) is 16.6. The zero-order chi connectivity index (χ0) is 16.9. The lowest BCUT2D eigenvalue weighted by molar-refractivity contribution is 0.0627. The van der Waals surface area contributed by atoms with Gasteiger partial charge in [-0.25, -0.2) is 0 Å². The molecule has 0 radical (unpaired) electrons. The molecule has 1 unspecified atom stereocenters. The van der Waals surface area contributed by atoms with Crippen LogP contribution in [-0.4, -0.2) is 60.8 Å². The molecule has 0 aliphatic carbocycles. The molecule has 2 N–H and O–H groups in total. The number of H-pyrrole nitrogens is 1. The van der Waals surface area contributed by atoms with Gasteiger partial charge in [-0.1, -0.05) is 0 Å². The Morgan fingerprint density at radius 2 is 1.92 bits per heavy atom. The van der Waals surface area contributed by atoms with Gasteiger partial charge in [-0.15, -0.1) is 0 Å². The number of amides is 1. The molecule has 1 aliphatic heterocycles. The van der Waals surface area contributed by atoms with Crippen molar-refractivity contribution in [1.29, 1.82) is 0 Å². The van der Waals surface area contributed by atoms with E-state index >= 15 is 0 Å². The third-order valence-electron chi connectivity index (χ3n) is 3.94. The molecule has 2 heterocycles. The quantitative estimate of drug-likeness (QED) is 0.769. The standard InChI is InChI=1S/C15H19N5O3S/c21-15(12-1-3-13(4-2-12)18-24(22)23)20-9-7-19(8-10-20)11-14-5-6-16-17-14/h1-6,18H,7-11H2,(H,16,17)(H,22,23)/p-1. The summed E-state index contributed by atoms with van der Waals surface area (Å²) >= 11 is -2.36. The topological polar surface area (TPSA) is 104 Å². The fraction of sp³-hybridized carbons (Fsp3) is 0.333. The monoisotopic (exact) mass is 348 g/mol. The Morgan fingerprint density at radius 3 is 2.50 bits per heavy atom. The summed E-state index contributed by atoms with van der Waals surface area (Å²) < 4.78 is 23.4.